The van der Waals surface area contributed by atoms with Crippen LogP contribution in [0.4, 0.5) is 0 Å². The van der Waals surface area contributed by atoms with Gasteiger partial charge >= 0.3 is 13.6 Å². The van der Waals surface area contributed by atoms with Crippen LogP contribution in [-0.4, -0.2) is 34.7 Å². The Bertz CT molecular complexity index is 276. The molecule has 0 spiro atoms. The molecule has 0 aromatic carbocycles. The van der Waals surface area contributed by atoms with Crippen LogP contribution in [0.5, 0.6) is 0 Å². The second-order valence-corrected chi connectivity index (χ2v) is 4.98. The molecule has 3 N–H and O–H groups in total. The number of rotatable bonds is 8. The van der Waals surface area contributed by atoms with Crippen molar-refractivity contribution < 1.29 is 28.8 Å². The monoisotopic (exact) mass is 253 g/mol. The lowest BCUT2D eigenvalue weighted by Gasteiger charge is -2.08. The summed E-state index contributed by atoms with van der Waals surface area (Å²) in [6.45, 7) is 1.81. The SMILES string of the molecule is CCC(C=O)C(=O)ONCCCP(=O)(O)O. The lowest BCUT2D eigenvalue weighted by molar-refractivity contribution is -0.156. The van der Waals surface area contributed by atoms with E-state index in [1.54, 1.807) is 6.92 Å². The molecule has 0 rings (SSSR count). The van der Waals surface area contributed by atoms with Gasteiger partial charge in [-0.05, 0) is 12.8 Å². The fourth-order valence-electron chi connectivity index (χ4n) is 0.873. The zero-order valence-electron chi connectivity index (χ0n) is 8.96. The Balaban J connectivity index is 3.63. The number of nitrogens with one attached hydrogen (secondary N) is 1. The molecule has 0 saturated carbocycles. The van der Waals surface area contributed by atoms with E-state index >= 15 is 0 Å². The first-order valence-corrected chi connectivity index (χ1v) is 6.64. The second-order valence-electron chi connectivity index (χ2n) is 3.21. The van der Waals surface area contributed by atoms with E-state index in [4.69, 9.17) is 9.79 Å². The van der Waals surface area contributed by atoms with Gasteiger partial charge in [0.05, 0.1) is 6.16 Å². The molecule has 0 aliphatic rings. The van der Waals surface area contributed by atoms with Crippen molar-refractivity contribution in [3.05, 3.63) is 0 Å². The Morgan fingerprint density at radius 1 is 1.56 bits per heavy atom. The van der Waals surface area contributed by atoms with E-state index in [1.165, 1.54) is 0 Å². The van der Waals surface area contributed by atoms with Gasteiger partial charge in [-0.2, -0.15) is 5.48 Å². The molecule has 16 heavy (non-hydrogen) atoms. The van der Waals surface area contributed by atoms with Crippen LogP contribution in [0, 0.1) is 5.92 Å². The highest BCUT2D eigenvalue weighted by Crippen LogP contribution is 2.34. The summed E-state index contributed by atoms with van der Waals surface area (Å²) < 4.78 is 10.4. The standard InChI is InChI=1S/C8H16NO6P/c1-2-7(6-10)8(11)15-9-4-3-5-16(12,13)14/h6-7,9H,2-5H2,1H3,(H2,12,13,14). The third kappa shape index (κ3) is 7.53. The second kappa shape index (κ2) is 7.51. The summed E-state index contributed by atoms with van der Waals surface area (Å²) in [5.41, 5.74) is 2.26. The highest BCUT2D eigenvalue weighted by atomic mass is 31.2. The summed E-state index contributed by atoms with van der Waals surface area (Å²) in [6, 6.07) is 0. The highest BCUT2D eigenvalue weighted by molar-refractivity contribution is 7.51. The van der Waals surface area contributed by atoms with Crippen molar-refractivity contribution in [2.75, 3.05) is 12.7 Å². The average Bonchev–Trinajstić information content (AvgIpc) is 2.17. The Morgan fingerprint density at radius 2 is 2.19 bits per heavy atom. The molecule has 0 aromatic heterocycles. The first-order valence-electron chi connectivity index (χ1n) is 4.84. The zero-order valence-corrected chi connectivity index (χ0v) is 9.85. The molecule has 0 aliphatic carbocycles. The van der Waals surface area contributed by atoms with Crippen LogP contribution in [0.3, 0.4) is 0 Å². The number of hydrogen-bond acceptors (Lipinski definition) is 5. The number of carbonyl (C=O) groups excluding carboxylic acids is 2. The molecule has 94 valence electrons. The third-order valence-corrected chi connectivity index (χ3v) is 2.71. The fourth-order valence-corrected chi connectivity index (χ4v) is 1.44. The Kier molecular flexibility index (Phi) is 7.16. The summed E-state index contributed by atoms with van der Waals surface area (Å²) in [5.74, 6) is -1.48. The third-order valence-electron chi connectivity index (χ3n) is 1.81. The summed E-state index contributed by atoms with van der Waals surface area (Å²) >= 11 is 0. The Hall–Kier alpha value is -0.750. The number of hydroxylamine groups is 1. The molecule has 7 nitrogen and oxygen atoms in total. The quantitative estimate of drug-likeness (QED) is 0.181. The molecule has 0 aliphatic heterocycles. The van der Waals surface area contributed by atoms with E-state index in [2.05, 4.69) is 10.3 Å². The molecule has 0 aromatic rings. The molecule has 0 radical (unpaired) electrons. The van der Waals surface area contributed by atoms with Gasteiger partial charge in [0.1, 0.15) is 12.2 Å². The molecule has 0 fully saturated rings. The van der Waals surface area contributed by atoms with Crippen LogP contribution in [0.25, 0.3) is 0 Å². The summed E-state index contributed by atoms with van der Waals surface area (Å²) in [6.07, 6.45) is 0.754. The molecule has 0 bridgehead atoms. The lowest BCUT2D eigenvalue weighted by Crippen LogP contribution is -2.27. The van der Waals surface area contributed by atoms with Gasteiger partial charge in [-0.15, -0.1) is 0 Å². The van der Waals surface area contributed by atoms with Gasteiger partial charge in [-0.1, -0.05) is 6.92 Å². The average molecular weight is 253 g/mol. The minimum absolute atomic E-state index is 0.131. The van der Waals surface area contributed by atoms with Crippen molar-refractivity contribution in [1.29, 1.82) is 0 Å². The van der Waals surface area contributed by atoms with Crippen LogP contribution in [-0.2, 0) is 19.0 Å². The topological polar surface area (TPSA) is 113 Å². The molecular weight excluding hydrogens is 237 g/mol. The van der Waals surface area contributed by atoms with Crippen molar-refractivity contribution in [2.45, 2.75) is 19.8 Å². The Labute approximate surface area is 93.3 Å². The Morgan fingerprint density at radius 3 is 2.62 bits per heavy atom. The predicted molar refractivity (Wildman–Crippen MR) is 55.5 cm³/mol. The number of aldehydes is 1. The minimum Gasteiger partial charge on any atom is -0.370 e. The van der Waals surface area contributed by atoms with E-state index in [9.17, 15) is 14.2 Å². The maximum atomic E-state index is 11.1. The summed E-state index contributed by atoms with van der Waals surface area (Å²) in [7, 11) is -4.00. The maximum absolute atomic E-state index is 11.1. The van der Waals surface area contributed by atoms with Crippen molar-refractivity contribution in [2.24, 2.45) is 5.92 Å². The lowest BCUT2D eigenvalue weighted by atomic mass is 10.1. The molecule has 0 amide bonds. The van der Waals surface area contributed by atoms with E-state index in [0.29, 0.717) is 12.7 Å². The van der Waals surface area contributed by atoms with Crippen LogP contribution in [0.2, 0.25) is 0 Å². The van der Waals surface area contributed by atoms with Crippen molar-refractivity contribution >= 4 is 19.9 Å². The molecule has 1 unspecified atom stereocenters. The first kappa shape index (κ1) is 15.2. The largest absolute Gasteiger partial charge is 0.370 e. The maximum Gasteiger partial charge on any atom is 0.334 e. The minimum atomic E-state index is -4.00. The van der Waals surface area contributed by atoms with Gasteiger partial charge in [0.2, 0.25) is 0 Å². The van der Waals surface area contributed by atoms with Crippen LogP contribution >= 0.6 is 7.60 Å². The van der Waals surface area contributed by atoms with E-state index in [-0.39, 0.29) is 19.1 Å². The van der Waals surface area contributed by atoms with Crippen LogP contribution in [0.15, 0.2) is 0 Å². The van der Waals surface area contributed by atoms with Gasteiger partial charge < -0.3 is 19.4 Å². The van der Waals surface area contributed by atoms with Crippen LogP contribution < -0.4 is 5.48 Å². The van der Waals surface area contributed by atoms with Gasteiger partial charge in [0, 0.05) is 6.54 Å². The van der Waals surface area contributed by atoms with E-state index in [1.807, 2.05) is 0 Å². The van der Waals surface area contributed by atoms with Gasteiger partial charge in [-0.3, -0.25) is 4.57 Å². The number of hydrogen-bond donors (Lipinski definition) is 3. The normalized spacial score (nSPS) is 13.2. The van der Waals surface area contributed by atoms with Gasteiger partial charge in [0.25, 0.3) is 0 Å². The zero-order chi connectivity index (χ0) is 12.6. The van der Waals surface area contributed by atoms with E-state index in [0.717, 1.165) is 0 Å². The summed E-state index contributed by atoms with van der Waals surface area (Å²) in [5, 5.41) is 0. The van der Waals surface area contributed by atoms with Crippen molar-refractivity contribution in [3.63, 3.8) is 0 Å². The van der Waals surface area contributed by atoms with Crippen LogP contribution in [0.1, 0.15) is 19.8 Å². The summed E-state index contributed by atoms with van der Waals surface area (Å²) in [4.78, 5) is 43.0. The molecule has 1 atom stereocenters. The fraction of sp³-hybridized carbons (Fsp3) is 0.750. The molecular formula is C8H16NO6P. The van der Waals surface area contributed by atoms with Gasteiger partial charge in [0.15, 0.2) is 0 Å². The van der Waals surface area contributed by atoms with Crippen molar-refractivity contribution in [3.8, 4) is 0 Å². The smallest absolute Gasteiger partial charge is 0.334 e. The van der Waals surface area contributed by atoms with Gasteiger partial charge in [-0.25, -0.2) is 4.79 Å². The molecule has 0 heterocycles. The molecule has 8 heteroatoms. The number of carbonyl (C=O) groups is 2. The van der Waals surface area contributed by atoms with E-state index < -0.39 is 19.5 Å². The van der Waals surface area contributed by atoms with Crippen molar-refractivity contribution in [1.82, 2.24) is 5.48 Å². The molecule has 0 saturated heterocycles. The highest BCUT2D eigenvalue weighted by Gasteiger charge is 2.17. The first-order chi connectivity index (χ1) is 7.40. The predicted octanol–water partition coefficient (Wildman–Crippen LogP) is -0.173.